The first-order valence-electron chi connectivity index (χ1n) is 7.98. The molecule has 0 aromatic carbocycles. The van der Waals surface area contributed by atoms with Gasteiger partial charge in [0, 0.05) is 13.1 Å². The Morgan fingerprint density at radius 3 is 2.42 bits per heavy atom. The summed E-state index contributed by atoms with van der Waals surface area (Å²) in [4.78, 5) is 14.8. The van der Waals surface area contributed by atoms with E-state index in [0.29, 0.717) is 11.8 Å². The molecule has 1 aliphatic heterocycles. The van der Waals surface area contributed by atoms with Gasteiger partial charge in [-0.15, -0.1) is 0 Å². The fourth-order valence-electron chi connectivity index (χ4n) is 3.05. The number of carbonyl (C=O) groups is 1. The van der Waals surface area contributed by atoms with Crippen LogP contribution in [0.5, 0.6) is 0 Å². The first-order chi connectivity index (χ1) is 8.96. The standard InChI is InChI=1S/C16H32N2O/c1-6-13(7-2)12-18(8-3)15(19)14-16(4,5)10-9-11-17-14/h13-14,17H,6-12H2,1-5H3. The minimum absolute atomic E-state index is 0.00411. The smallest absolute Gasteiger partial charge is 0.240 e. The van der Waals surface area contributed by atoms with Crippen LogP contribution < -0.4 is 5.32 Å². The summed E-state index contributed by atoms with van der Waals surface area (Å²) >= 11 is 0. The summed E-state index contributed by atoms with van der Waals surface area (Å²) in [6.07, 6.45) is 4.62. The van der Waals surface area contributed by atoms with Crippen LogP contribution in [0.25, 0.3) is 0 Å². The van der Waals surface area contributed by atoms with Gasteiger partial charge in [0.2, 0.25) is 5.91 Å². The second-order valence-corrected chi connectivity index (χ2v) is 6.54. The van der Waals surface area contributed by atoms with Crippen molar-refractivity contribution in [2.24, 2.45) is 11.3 Å². The largest absolute Gasteiger partial charge is 0.341 e. The van der Waals surface area contributed by atoms with Crippen LogP contribution in [0.2, 0.25) is 0 Å². The maximum atomic E-state index is 12.8. The molecule has 0 aromatic heterocycles. The SMILES string of the molecule is CCC(CC)CN(CC)C(=O)C1NCCCC1(C)C. The molecule has 1 saturated heterocycles. The molecule has 0 saturated carbocycles. The predicted octanol–water partition coefficient (Wildman–Crippen LogP) is 3.05. The highest BCUT2D eigenvalue weighted by Gasteiger charge is 2.39. The number of rotatable bonds is 6. The fourth-order valence-corrected chi connectivity index (χ4v) is 3.05. The van der Waals surface area contributed by atoms with Crippen molar-refractivity contribution < 1.29 is 4.79 Å². The number of hydrogen-bond donors (Lipinski definition) is 1. The normalized spacial score (nSPS) is 22.5. The van der Waals surface area contributed by atoms with Gasteiger partial charge in [0.25, 0.3) is 0 Å². The average Bonchev–Trinajstić information content (AvgIpc) is 2.39. The van der Waals surface area contributed by atoms with Crippen LogP contribution in [0, 0.1) is 11.3 Å². The van der Waals surface area contributed by atoms with Crippen molar-refractivity contribution in [2.75, 3.05) is 19.6 Å². The summed E-state index contributed by atoms with van der Waals surface area (Å²) < 4.78 is 0. The molecule has 0 spiro atoms. The van der Waals surface area contributed by atoms with E-state index in [-0.39, 0.29) is 11.5 Å². The van der Waals surface area contributed by atoms with Crippen molar-refractivity contribution in [3.63, 3.8) is 0 Å². The molecule has 1 unspecified atom stereocenters. The Morgan fingerprint density at radius 1 is 1.32 bits per heavy atom. The van der Waals surface area contributed by atoms with Crippen molar-refractivity contribution in [3.8, 4) is 0 Å². The fraction of sp³-hybridized carbons (Fsp3) is 0.938. The van der Waals surface area contributed by atoms with E-state index >= 15 is 0 Å². The molecule has 1 N–H and O–H groups in total. The second-order valence-electron chi connectivity index (χ2n) is 6.54. The molecule has 0 aromatic rings. The Balaban J connectivity index is 2.71. The van der Waals surface area contributed by atoms with Gasteiger partial charge < -0.3 is 10.2 Å². The third kappa shape index (κ3) is 4.20. The Hall–Kier alpha value is -0.570. The number of carbonyl (C=O) groups excluding carboxylic acids is 1. The van der Waals surface area contributed by atoms with Crippen molar-refractivity contribution in [1.82, 2.24) is 10.2 Å². The second kappa shape index (κ2) is 7.28. The Morgan fingerprint density at radius 2 is 1.95 bits per heavy atom. The zero-order valence-corrected chi connectivity index (χ0v) is 13.5. The molecule has 112 valence electrons. The van der Waals surface area contributed by atoms with Crippen molar-refractivity contribution in [2.45, 2.75) is 66.3 Å². The molecule has 19 heavy (non-hydrogen) atoms. The van der Waals surface area contributed by atoms with E-state index in [9.17, 15) is 4.79 Å². The first kappa shape index (κ1) is 16.5. The number of nitrogens with one attached hydrogen (secondary N) is 1. The number of nitrogens with zero attached hydrogens (tertiary/aromatic N) is 1. The zero-order valence-electron chi connectivity index (χ0n) is 13.5. The van der Waals surface area contributed by atoms with Gasteiger partial charge in [-0.05, 0) is 37.6 Å². The van der Waals surface area contributed by atoms with Gasteiger partial charge in [0.15, 0.2) is 0 Å². The predicted molar refractivity (Wildman–Crippen MR) is 81.1 cm³/mol. The molecule has 1 amide bonds. The highest BCUT2D eigenvalue weighted by molar-refractivity contribution is 5.83. The third-order valence-corrected chi connectivity index (χ3v) is 4.70. The van der Waals surface area contributed by atoms with E-state index in [1.54, 1.807) is 0 Å². The molecular weight excluding hydrogens is 236 g/mol. The lowest BCUT2D eigenvalue weighted by Crippen LogP contribution is -2.57. The van der Waals surface area contributed by atoms with Crippen LogP contribution in [0.3, 0.4) is 0 Å². The summed E-state index contributed by atoms with van der Waals surface area (Å²) in [6.45, 7) is 13.7. The van der Waals surface area contributed by atoms with E-state index in [1.807, 2.05) is 0 Å². The van der Waals surface area contributed by atoms with Crippen molar-refractivity contribution >= 4 is 5.91 Å². The zero-order chi connectivity index (χ0) is 14.5. The number of piperidine rings is 1. The summed E-state index contributed by atoms with van der Waals surface area (Å²) in [7, 11) is 0. The molecule has 1 rings (SSSR count). The molecular formula is C16H32N2O. The molecule has 1 aliphatic rings. The summed E-state index contributed by atoms with van der Waals surface area (Å²) in [6, 6.07) is -0.00411. The Bertz CT molecular complexity index is 284. The highest BCUT2D eigenvalue weighted by atomic mass is 16.2. The van der Waals surface area contributed by atoms with Crippen molar-refractivity contribution in [3.05, 3.63) is 0 Å². The van der Waals surface area contributed by atoms with E-state index in [0.717, 1.165) is 38.9 Å². The van der Waals surface area contributed by atoms with Gasteiger partial charge in [-0.3, -0.25) is 4.79 Å². The van der Waals surface area contributed by atoms with Gasteiger partial charge in [-0.2, -0.15) is 0 Å². The summed E-state index contributed by atoms with van der Waals surface area (Å²) in [5.41, 5.74) is 0.0800. The minimum atomic E-state index is -0.00411. The monoisotopic (exact) mass is 268 g/mol. The van der Waals surface area contributed by atoms with E-state index in [2.05, 4.69) is 44.8 Å². The molecule has 3 nitrogen and oxygen atoms in total. The molecule has 0 aliphatic carbocycles. The van der Waals surface area contributed by atoms with Crippen LogP contribution in [-0.4, -0.2) is 36.5 Å². The lowest BCUT2D eigenvalue weighted by molar-refractivity contribution is -0.137. The molecule has 3 heteroatoms. The summed E-state index contributed by atoms with van der Waals surface area (Å²) in [5.74, 6) is 0.940. The van der Waals surface area contributed by atoms with E-state index < -0.39 is 0 Å². The number of likely N-dealkylation sites (N-methyl/N-ethyl adjacent to an activating group) is 1. The van der Waals surface area contributed by atoms with Crippen LogP contribution >= 0.6 is 0 Å². The molecule has 0 radical (unpaired) electrons. The topological polar surface area (TPSA) is 32.3 Å². The van der Waals surface area contributed by atoms with Crippen LogP contribution in [0.4, 0.5) is 0 Å². The maximum Gasteiger partial charge on any atom is 0.240 e. The quantitative estimate of drug-likeness (QED) is 0.803. The van der Waals surface area contributed by atoms with Gasteiger partial charge in [-0.25, -0.2) is 0 Å². The number of amides is 1. The van der Waals surface area contributed by atoms with E-state index in [4.69, 9.17) is 0 Å². The summed E-state index contributed by atoms with van der Waals surface area (Å²) in [5, 5.41) is 3.44. The third-order valence-electron chi connectivity index (χ3n) is 4.70. The minimum Gasteiger partial charge on any atom is -0.341 e. The Kier molecular flexibility index (Phi) is 6.31. The Labute approximate surface area is 119 Å². The van der Waals surface area contributed by atoms with Gasteiger partial charge in [0.05, 0.1) is 6.04 Å². The van der Waals surface area contributed by atoms with Gasteiger partial charge in [0.1, 0.15) is 0 Å². The maximum absolute atomic E-state index is 12.8. The van der Waals surface area contributed by atoms with E-state index in [1.165, 1.54) is 6.42 Å². The highest BCUT2D eigenvalue weighted by Crippen LogP contribution is 2.31. The van der Waals surface area contributed by atoms with Crippen LogP contribution in [0.1, 0.15) is 60.3 Å². The number of hydrogen-bond acceptors (Lipinski definition) is 2. The first-order valence-corrected chi connectivity index (χ1v) is 7.98. The van der Waals surface area contributed by atoms with Crippen LogP contribution in [-0.2, 0) is 4.79 Å². The van der Waals surface area contributed by atoms with Crippen LogP contribution in [0.15, 0.2) is 0 Å². The average molecular weight is 268 g/mol. The molecule has 1 atom stereocenters. The molecule has 1 fully saturated rings. The lowest BCUT2D eigenvalue weighted by atomic mass is 9.77. The lowest BCUT2D eigenvalue weighted by Gasteiger charge is -2.41. The van der Waals surface area contributed by atoms with Gasteiger partial charge in [-0.1, -0.05) is 40.5 Å². The molecule has 1 heterocycles. The molecule has 0 bridgehead atoms. The van der Waals surface area contributed by atoms with Gasteiger partial charge >= 0.3 is 0 Å². The van der Waals surface area contributed by atoms with Crippen molar-refractivity contribution in [1.29, 1.82) is 0 Å².